The Labute approximate surface area is 103 Å². The summed E-state index contributed by atoms with van der Waals surface area (Å²) in [5.41, 5.74) is 1.86. The number of alkyl halides is 1. The molecule has 2 atom stereocenters. The number of aryl methyl sites for hydroxylation is 1. The highest BCUT2D eigenvalue weighted by atomic mass is 79.9. The Bertz CT molecular complexity index is 365. The van der Waals surface area contributed by atoms with Crippen molar-refractivity contribution < 1.29 is 15.0 Å². The van der Waals surface area contributed by atoms with Crippen molar-refractivity contribution in [3.05, 3.63) is 34.9 Å². The topological polar surface area (TPSA) is 57.5 Å². The molecule has 1 rings (SSSR count). The van der Waals surface area contributed by atoms with E-state index in [4.69, 9.17) is 0 Å². The lowest BCUT2D eigenvalue weighted by atomic mass is 9.96. The Balaban J connectivity index is 2.98. The summed E-state index contributed by atoms with van der Waals surface area (Å²) in [5, 5.41) is 20.2. The van der Waals surface area contributed by atoms with Gasteiger partial charge in [-0.25, -0.2) is 0 Å². The van der Waals surface area contributed by atoms with Crippen molar-refractivity contribution in [2.24, 2.45) is 0 Å². The molecule has 0 aliphatic carbocycles. The average molecular weight is 287 g/mol. The van der Waals surface area contributed by atoms with Gasteiger partial charge in [0.2, 0.25) is 0 Å². The molecule has 1 aromatic rings. The van der Waals surface area contributed by atoms with E-state index in [1.54, 1.807) is 12.1 Å². The van der Waals surface area contributed by atoms with Crippen LogP contribution in [0.2, 0.25) is 0 Å². The molecule has 0 amide bonds. The maximum atomic E-state index is 10.9. The first kappa shape index (κ1) is 13.4. The third-order valence-corrected chi connectivity index (χ3v) is 2.92. The summed E-state index contributed by atoms with van der Waals surface area (Å²) in [5.74, 6) is 0. The maximum absolute atomic E-state index is 10.9. The van der Waals surface area contributed by atoms with E-state index in [2.05, 4.69) is 15.9 Å². The molecule has 0 radical (unpaired) electrons. The van der Waals surface area contributed by atoms with Gasteiger partial charge in [0.25, 0.3) is 0 Å². The molecule has 0 aliphatic heterocycles. The standard InChI is InChI=1S/C12H15BrO3/c1-8-2-3-10(9(6-8)7-14)12(16)11(15)4-5-13/h2-3,6-7,11-12,15-16H,4-5H2,1H3. The SMILES string of the molecule is Cc1ccc(C(O)C(O)CCBr)c(C=O)c1. The number of rotatable bonds is 5. The number of hydrogen-bond donors (Lipinski definition) is 2. The van der Waals surface area contributed by atoms with Crippen LogP contribution in [0.3, 0.4) is 0 Å². The number of aliphatic hydroxyl groups is 2. The zero-order valence-corrected chi connectivity index (χ0v) is 10.6. The van der Waals surface area contributed by atoms with Crippen molar-refractivity contribution in [2.45, 2.75) is 25.6 Å². The van der Waals surface area contributed by atoms with Gasteiger partial charge in [-0.3, -0.25) is 4.79 Å². The van der Waals surface area contributed by atoms with E-state index in [1.165, 1.54) is 0 Å². The average Bonchev–Trinajstić information content (AvgIpc) is 2.28. The number of carbonyl (C=O) groups excluding carboxylic acids is 1. The van der Waals surface area contributed by atoms with Crippen molar-refractivity contribution in [3.63, 3.8) is 0 Å². The van der Waals surface area contributed by atoms with Crippen LogP contribution >= 0.6 is 15.9 Å². The fourth-order valence-electron chi connectivity index (χ4n) is 1.54. The van der Waals surface area contributed by atoms with Crippen molar-refractivity contribution in [3.8, 4) is 0 Å². The van der Waals surface area contributed by atoms with Gasteiger partial charge in [0.1, 0.15) is 12.4 Å². The predicted molar refractivity (Wildman–Crippen MR) is 65.9 cm³/mol. The molecule has 1 aromatic carbocycles. The van der Waals surface area contributed by atoms with E-state index in [1.807, 2.05) is 13.0 Å². The molecule has 3 nitrogen and oxygen atoms in total. The zero-order valence-electron chi connectivity index (χ0n) is 9.06. The number of halogens is 1. The number of aldehydes is 1. The molecule has 4 heteroatoms. The third kappa shape index (κ3) is 3.14. The van der Waals surface area contributed by atoms with Crippen LogP contribution in [0.25, 0.3) is 0 Å². The van der Waals surface area contributed by atoms with Crippen LogP contribution in [0, 0.1) is 6.92 Å². The number of hydrogen-bond acceptors (Lipinski definition) is 3. The molecule has 16 heavy (non-hydrogen) atoms. The highest BCUT2D eigenvalue weighted by Crippen LogP contribution is 2.23. The quantitative estimate of drug-likeness (QED) is 0.643. The van der Waals surface area contributed by atoms with Crippen molar-refractivity contribution >= 4 is 22.2 Å². The summed E-state index contributed by atoms with van der Waals surface area (Å²) in [6.07, 6.45) is -0.737. The molecule has 0 aliphatic rings. The van der Waals surface area contributed by atoms with Gasteiger partial charge in [-0.05, 0) is 25.0 Å². The minimum absolute atomic E-state index is 0.432. The van der Waals surface area contributed by atoms with E-state index < -0.39 is 12.2 Å². The lowest BCUT2D eigenvalue weighted by molar-refractivity contribution is 0.0170. The lowest BCUT2D eigenvalue weighted by Crippen LogP contribution is -2.19. The van der Waals surface area contributed by atoms with E-state index in [9.17, 15) is 15.0 Å². The Kier molecular flexibility index (Phi) is 5.12. The largest absolute Gasteiger partial charge is 0.390 e. The van der Waals surface area contributed by atoms with Gasteiger partial charge in [-0.1, -0.05) is 33.6 Å². The zero-order chi connectivity index (χ0) is 12.1. The van der Waals surface area contributed by atoms with E-state index >= 15 is 0 Å². The monoisotopic (exact) mass is 286 g/mol. The molecule has 0 spiro atoms. The fourth-order valence-corrected chi connectivity index (χ4v) is 2.01. The molecular formula is C12H15BrO3. The summed E-state index contributed by atoms with van der Waals surface area (Å²) in [4.78, 5) is 10.9. The second-order valence-corrected chi connectivity index (χ2v) is 4.53. The Hall–Kier alpha value is -0.710. The molecule has 88 valence electrons. The highest BCUT2D eigenvalue weighted by molar-refractivity contribution is 9.09. The van der Waals surface area contributed by atoms with Crippen LogP contribution in [0.1, 0.15) is 34.0 Å². The summed E-state index contributed by atoms with van der Waals surface area (Å²) in [6, 6.07) is 5.19. The van der Waals surface area contributed by atoms with Gasteiger partial charge >= 0.3 is 0 Å². The van der Waals surface area contributed by atoms with E-state index in [-0.39, 0.29) is 0 Å². The maximum Gasteiger partial charge on any atom is 0.150 e. The van der Waals surface area contributed by atoms with E-state index in [0.717, 1.165) is 5.56 Å². The molecular weight excluding hydrogens is 272 g/mol. The van der Waals surface area contributed by atoms with Crippen LogP contribution < -0.4 is 0 Å². The van der Waals surface area contributed by atoms with Gasteiger partial charge in [0.15, 0.2) is 0 Å². The van der Waals surface area contributed by atoms with Crippen molar-refractivity contribution in [1.82, 2.24) is 0 Å². The highest BCUT2D eigenvalue weighted by Gasteiger charge is 2.20. The number of aliphatic hydroxyl groups excluding tert-OH is 2. The molecule has 0 saturated carbocycles. The minimum atomic E-state index is -1.02. The number of benzene rings is 1. The number of carbonyl (C=O) groups is 1. The summed E-state index contributed by atoms with van der Waals surface area (Å²) in [6.45, 7) is 1.87. The molecule has 0 aromatic heterocycles. The summed E-state index contributed by atoms with van der Waals surface area (Å²) < 4.78 is 0. The first-order valence-electron chi connectivity index (χ1n) is 5.08. The molecule has 0 bridgehead atoms. The molecule has 2 N–H and O–H groups in total. The Morgan fingerprint density at radius 3 is 2.69 bits per heavy atom. The normalized spacial score (nSPS) is 14.5. The van der Waals surface area contributed by atoms with Gasteiger partial charge < -0.3 is 10.2 Å². The molecule has 0 fully saturated rings. The smallest absolute Gasteiger partial charge is 0.150 e. The molecule has 0 heterocycles. The summed E-state index contributed by atoms with van der Waals surface area (Å²) in [7, 11) is 0. The molecule has 2 unspecified atom stereocenters. The minimum Gasteiger partial charge on any atom is -0.390 e. The van der Waals surface area contributed by atoms with Crippen LogP contribution in [0.5, 0.6) is 0 Å². The second kappa shape index (κ2) is 6.13. The van der Waals surface area contributed by atoms with Crippen LogP contribution in [-0.4, -0.2) is 27.9 Å². The van der Waals surface area contributed by atoms with Gasteiger partial charge in [0.05, 0.1) is 6.10 Å². The predicted octanol–water partition coefficient (Wildman–Crippen LogP) is 1.99. The van der Waals surface area contributed by atoms with Crippen LogP contribution in [0.15, 0.2) is 18.2 Å². The first-order valence-corrected chi connectivity index (χ1v) is 6.20. The van der Waals surface area contributed by atoms with Gasteiger partial charge in [-0.2, -0.15) is 0 Å². The van der Waals surface area contributed by atoms with Crippen LogP contribution in [-0.2, 0) is 0 Å². The second-order valence-electron chi connectivity index (χ2n) is 3.74. The Morgan fingerprint density at radius 1 is 1.44 bits per heavy atom. The first-order chi connectivity index (χ1) is 7.60. The van der Waals surface area contributed by atoms with Crippen molar-refractivity contribution in [1.29, 1.82) is 0 Å². The van der Waals surface area contributed by atoms with Gasteiger partial charge in [-0.15, -0.1) is 0 Å². The fraction of sp³-hybridized carbons (Fsp3) is 0.417. The lowest BCUT2D eigenvalue weighted by Gasteiger charge is -2.18. The Morgan fingerprint density at radius 2 is 2.12 bits per heavy atom. The third-order valence-electron chi connectivity index (χ3n) is 2.46. The molecule has 0 saturated heterocycles. The van der Waals surface area contributed by atoms with E-state index in [0.29, 0.717) is 29.2 Å². The summed E-state index contributed by atoms with van der Waals surface area (Å²) >= 11 is 3.20. The van der Waals surface area contributed by atoms with Crippen molar-refractivity contribution in [2.75, 3.05) is 5.33 Å². The van der Waals surface area contributed by atoms with Gasteiger partial charge in [0, 0.05) is 10.9 Å². The van der Waals surface area contributed by atoms with Crippen LogP contribution in [0.4, 0.5) is 0 Å².